The summed E-state index contributed by atoms with van der Waals surface area (Å²) >= 11 is 0. The molecule has 0 aliphatic carbocycles. The summed E-state index contributed by atoms with van der Waals surface area (Å²) < 4.78 is 8.06. The molecule has 0 spiro atoms. The molecule has 1 aromatic carbocycles. The third-order valence-corrected chi connectivity index (χ3v) is 4.31. The van der Waals surface area contributed by atoms with Gasteiger partial charge >= 0.3 is 0 Å². The van der Waals surface area contributed by atoms with Crippen LogP contribution in [0.1, 0.15) is 46.0 Å². The van der Waals surface area contributed by atoms with E-state index in [2.05, 4.69) is 72.6 Å². The van der Waals surface area contributed by atoms with Gasteiger partial charge in [-0.3, -0.25) is 4.99 Å². The Bertz CT molecular complexity index is 754. The monoisotopic (exact) mass is 514 g/mol. The fraction of sp³-hybridized carbons (Fsp3) is 0.571. The molecule has 0 fully saturated rings. The molecule has 0 aliphatic rings. The van der Waals surface area contributed by atoms with E-state index >= 15 is 0 Å². The van der Waals surface area contributed by atoms with Crippen molar-refractivity contribution in [1.82, 2.24) is 25.4 Å². The lowest BCUT2D eigenvalue weighted by Crippen LogP contribution is -2.39. The highest BCUT2D eigenvalue weighted by atomic mass is 127. The predicted molar refractivity (Wildman–Crippen MR) is 129 cm³/mol. The van der Waals surface area contributed by atoms with E-state index in [0.29, 0.717) is 19.7 Å². The van der Waals surface area contributed by atoms with E-state index in [1.165, 1.54) is 5.56 Å². The molecule has 8 heteroatoms. The Morgan fingerprint density at radius 3 is 2.62 bits per heavy atom. The number of aliphatic imine (C=N–C) groups is 1. The number of halogens is 1. The summed E-state index contributed by atoms with van der Waals surface area (Å²) in [5, 5.41) is 14.7. The van der Waals surface area contributed by atoms with Gasteiger partial charge in [0.2, 0.25) is 0 Å². The van der Waals surface area contributed by atoms with Gasteiger partial charge in [-0.05, 0) is 24.0 Å². The highest BCUT2D eigenvalue weighted by Crippen LogP contribution is 2.30. The number of aryl methyl sites for hydroxylation is 1. The zero-order valence-corrected chi connectivity index (χ0v) is 20.6. The lowest BCUT2D eigenvalue weighted by molar-refractivity contribution is 0.313. The van der Waals surface area contributed by atoms with Gasteiger partial charge in [-0.15, -0.1) is 34.2 Å². The number of aromatic nitrogens is 3. The van der Waals surface area contributed by atoms with Gasteiger partial charge < -0.3 is 19.9 Å². The topological polar surface area (TPSA) is 76.4 Å². The number of guanidine groups is 1. The van der Waals surface area contributed by atoms with Crippen molar-refractivity contribution in [2.24, 2.45) is 4.99 Å². The van der Waals surface area contributed by atoms with Gasteiger partial charge in [0, 0.05) is 19.5 Å². The third kappa shape index (κ3) is 8.20. The van der Waals surface area contributed by atoms with Gasteiger partial charge in [0.15, 0.2) is 5.96 Å². The van der Waals surface area contributed by atoms with Crippen LogP contribution in [0.2, 0.25) is 0 Å². The Labute approximate surface area is 191 Å². The molecule has 0 atom stereocenters. The van der Waals surface area contributed by atoms with Crippen LogP contribution in [0.5, 0.6) is 5.75 Å². The van der Waals surface area contributed by atoms with E-state index in [1.807, 2.05) is 16.7 Å². The first-order valence-corrected chi connectivity index (χ1v) is 10.1. The Morgan fingerprint density at radius 1 is 1.17 bits per heavy atom. The average molecular weight is 514 g/mol. The summed E-state index contributed by atoms with van der Waals surface area (Å²) in [6, 6.07) is 8.23. The van der Waals surface area contributed by atoms with Crippen LogP contribution in [0.3, 0.4) is 0 Å². The summed E-state index contributed by atoms with van der Waals surface area (Å²) in [6.07, 6.45) is 2.63. The normalized spacial score (nSPS) is 11.7. The molecule has 0 radical (unpaired) electrons. The minimum absolute atomic E-state index is 0. The quantitative estimate of drug-likeness (QED) is 0.232. The van der Waals surface area contributed by atoms with E-state index in [0.717, 1.165) is 37.0 Å². The maximum Gasteiger partial charge on any atom is 0.191 e. The molecule has 2 N–H and O–H groups in total. The van der Waals surface area contributed by atoms with Crippen LogP contribution in [0, 0.1) is 0 Å². The maximum atomic E-state index is 6.02. The minimum atomic E-state index is 0. The molecule has 0 unspecified atom stereocenters. The van der Waals surface area contributed by atoms with Gasteiger partial charge in [0.05, 0.1) is 13.1 Å². The fourth-order valence-electron chi connectivity index (χ4n) is 2.89. The Balaban J connectivity index is 0.00000420. The van der Waals surface area contributed by atoms with Gasteiger partial charge in [0.25, 0.3) is 0 Å². The van der Waals surface area contributed by atoms with E-state index in [1.54, 1.807) is 6.33 Å². The van der Waals surface area contributed by atoms with Gasteiger partial charge in [-0.2, -0.15) is 0 Å². The van der Waals surface area contributed by atoms with Crippen molar-refractivity contribution in [3.05, 3.63) is 42.0 Å². The maximum absolute atomic E-state index is 6.02. The largest absolute Gasteiger partial charge is 0.491 e. The van der Waals surface area contributed by atoms with Crippen molar-refractivity contribution in [3.8, 4) is 5.75 Å². The zero-order chi connectivity index (χ0) is 20.4. The summed E-state index contributed by atoms with van der Waals surface area (Å²) in [5.41, 5.74) is 1.27. The van der Waals surface area contributed by atoms with Crippen molar-refractivity contribution in [3.63, 3.8) is 0 Å². The van der Waals surface area contributed by atoms with Crippen LogP contribution in [-0.4, -0.2) is 47.0 Å². The molecule has 29 heavy (non-hydrogen) atoms. The van der Waals surface area contributed by atoms with Gasteiger partial charge in [0.1, 0.15) is 24.5 Å². The molecule has 0 bridgehead atoms. The number of hydrogen-bond acceptors (Lipinski definition) is 4. The first kappa shape index (κ1) is 25.2. The molecule has 0 saturated heterocycles. The van der Waals surface area contributed by atoms with Crippen LogP contribution in [0.4, 0.5) is 0 Å². The smallest absolute Gasteiger partial charge is 0.191 e. The van der Waals surface area contributed by atoms with E-state index in [9.17, 15) is 0 Å². The molecular formula is C21H35IN6O. The Morgan fingerprint density at radius 2 is 1.93 bits per heavy atom. The Kier molecular flexibility index (Phi) is 11.0. The number of benzene rings is 1. The van der Waals surface area contributed by atoms with Crippen LogP contribution >= 0.6 is 24.0 Å². The summed E-state index contributed by atoms with van der Waals surface area (Å²) in [5.74, 6) is 2.72. The van der Waals surface area contributed by atoms with E-state index in [-0.39, 0.29) is 29.4 Å². The van der Waals surface area contributed by atoms with Crippen molar-refractivity contribution in [2.75, 3.05) is 26.2 Å². The molecule has 2 aromatic rings. The van der Waals surface area contributed by atoms with Gasteiger partial charge in [-0.1, -0.05) is 45.9 Å². The molecule has 7 nitrogen and oxygen atoms in total. The van der Waals surface area contributed by atoms with Crippen LogP contribution in [-0.2, 0) is 18.4 Å². The lowest BCUT2D eigenvalue weighted by atomic mass is 9.86. The molecule has 0 aliphatic heterocycles. The Hall–Kier alpha value is -1.84. The van der Waals surface area contributed by atoms with Crippen molar-refractivity contribution in [1.29, 1.82) is 0 Å². The molecule has 1 aromatic heterocycles. The van der Waals surface area contributed by atoms with Crippen LogP contribution in [0.15, 0.2) is 35.6 Å². The van der Waals surface area contributed by atoms with Gasteiger partial charge in [-0.25, -0.2) is 0 Å². The van der Waals surface area contributed by atoms with Crippen LogP contribution in [0.25, 0.3) is 0 Å². The number of rotatable bonds is 9. The summed E-state index contributed by atoms with van der Waals surface area (Å²) in [6.45, 7) is 14.2. The van der Waals surface area contributed by atoms with Crippen molar-refractivity contribution >= 4 is 29.9 Å². The summed E-state index contributed by atoms with van der Waals surface area (Å²) in [7, 11) is 0. The van der Waals surface area contributed by atoms with Crippen LogP contribution < -0.4 is 15.4 Å². The highest BCUT2D eigenvalue weighted by Gasteiger charge is 2.18. The number of nitrogens with zero attached hydrogens (tertiary/aromatic N) is 4. The third-order valence-electron chi connectivity index (χ3n) is 4.31. The molecule has 162 valence electrons. The SMILES string of the molecule is CCNC(=NCCn1cnnc1CC)NCCOc1ccccc1C(C)(C)C.I. The fourth-order valence-corrected chi connectivity index (χ4v) is 2.89. The second-order valence-corrected chi connectivity index (χ2v) is 7.58. The van der Waals surface area contributed by atoms with E-state index < -0.39 is 0 Å². The highest BCUT2D eigenvalue weighted by molar-refractivity contribution is 14.0. The first-order valence-electron chi connectivity index (χ1n) is 10.1. The lowest BCUT2D eigenvalue weighted by Gasteiger charge is -2.22. The molecule has 1 heterocycles. The second-order valence-electron chi connectivity index (χ2n) is 7.58. The molecular weight excluding hydrogens is 479 g/mol. The average Bonchev–Trinajstić information content (AvgIpc) is 3.12. The van der Waals surface area contributed by atoms with Crippen molar-refractivity contribution < 1.29 is 4.74 Å². The molecule has 0 saturated carbocycles. The number of ether oxygens (including phenoxy) is 1. The second kappa shape index (κ2) is 12.7. The molecule has 0 amide bonds. The first-order chi connectivity index (χ1) is 13.5. The molecule has 2 rings (SSSR count). The standard InChI is InChI=1S/C21H34N6O.HI/c1-6-19-26-25-16-27(19)14-12-23-20(22-7-2)24-13-15-28-18-11-9-8-10-17(18)21(3,4)5;/h8-11,16H,6-7,12-15H2,1-5H3,(H2,22,23,24);1H. The number of para-hydroxylation sites is 1. The predicted octanol–water partition coefficient (Wildman–Crippen LogP) is 3.39. The minimum Gasteiger partial charge on any atom is -0.491 e. The van der Waals surface area contributed by atoms with E-state index in [4.69, 9.17) is 4.74 Å². The number of nitrogens with one attached hydrogen (secondary N) is 2. The summed E-state index contributed by atoms with van der Waals surface area (Å²) in [4.78, 5) is 4.63. The zero-order valence-electron chi connectivity index (χ0n) is 18.2. The van der Waals surface area contributed by atoms with Crippen molar-refractivity contribution in [2.45, 2.75) is 53.0 Å². The number of hydrogen-bond donors (Lipinski definition) is 2.